The van der Waals surface area contributed by atoms with Gasteiger partial charge in [0.1, 0.15) is 0 Å². The Hall–Kier alpha value is -3.77. The van der Waals surface area contributed by atoms with E-state index in [4.69, 9.17) is 0 Å². The summed E-state index contributed by atoms with van der Waals surface area (Å²) in [4.78, 5) is 0. The van der Waals surface area contributed by atoms with Gasteiger partial charge in [0.15, 0.2) is 0 Å². The Balaban J connectivity index is 1.74. The Morgan fingerprint density at radius 3 is 2.52 bits per heavy atom. The van der Waals surface area contributed by atoms with Gasteiger partial charge < -0.3 is 4.57 Å². The molecule has 2 aliphatic rings. The molecule has 0 fully saturated rings. The lowest BCUT2D eigenvalue weighted by Crippen LogP contribution is -2.60. The quantitative estimate of drug-likeness (QED) is 0.378. The Kier molecular flexibility index (Phi) is 2.72. The summed E-state index contributed by atoms with van der Waals surface area (Å²) < 4.78 is 2.42. The molecule has 1 aromatic heterocycles. The van der Waals surface area contributed by atoms with E-state index in [1.165, 1.54) is 49.6 Å². The van der Waals surface area contributed by atoms with Gasteiger partial charge in [0, 0.05) is 22.0 Å². The molecule has 0 N–H and O–H groups in total. The van der Waals surface area contributed by atoms with E-state index in [0.29, 0.717) is 5.56 Å². The lowest BCUT2D eigenvalue weighted by Gasteiger charge is -2.33. The molecular weight excluding hydrogens is 351 g/mol. The van der Waals surface area contributed by atoms with E-state index in [9.17, 15) is 5.26 Å². The van der Waals surface area contributed by atoms with Gasteiger partial charge in [-0.15, -0.1) is 0 Å². The SMILES string of the molecule is N#Cc1ccc2c(c1)c1ccc3c4c1n2-c1ccccc1B4c1ccccc1C3. The van der Waals surface area contributed by atoms with Gasteiger partial charge in [0.25, 0.3) is 0 Å². The average molecular weight is 366 g/mol. The van der Waals surface area contributed by atoms with Crippen LogP contribution in [-0.2, 0) is 6.42 Å². The monoisotopic (exact) mass is 366 g/mol. The number of para-hydroxylation sites is 1. The molecule has 29 heavy (non-hydrogen) atoms. The highest BCUT2D eigenvalue weighted by Crippen LogP contribution is 2.35. The number of hydrogen-bond acceptors (Lipinski definition) is 1. The van der Waals surface area contributed by atoms with Crippen LogP contribution in [0.2, 0.25) is 0 Å². The van der Waals surface area contributed by atoms with Crippen LogP contribution in [0.4, 0.5) is 0 Å². The second-order valence-electron chi connectivity index (χ2n) is 8.08. The molecule has 0 spiro atoms. The smallest absolute Gasteiger partial charge is 0.247 e. The van der Waals surface area contributed by atoms with Crippen LogP contribution in [0.5, 0.6) is 0 Å². The first-order chi connectivity index (χ1) is 14.3. The second kappa shape index (κ2) is 5.18. The summed E-state index contributed by atoms with van der Waals surface area (Å²) in [6.07, 6.45) is 0.977. The van der Waals surface area contributed by atoms with E-state index < -0.39 is 0 Å². The molecule has 0 bridgehead atoms. The summed E-state index contributed by atoms with van der Waals surface area (Å²) in [5.74, 6) is 0. The molecule has 0 saturated heterocycles. The largest absolute Gasteiger partial charge is 0.310 e. The predicted octanol–water partition coefficient (Wildman–Crippen LogP) is 3.39. The van der Waals surface area contributed by atoms with Gasteiger partial charge in [-0.2, -0.15) is 5.26 Å². The first-order valence-electron chi connectivity index (χ1n) is 10.0. The highest BCUT2D eigenvalue weighted by Gasteiger charge is 2.38. The van der Waals surface area contributed by atoms with Crippen LogP contribution in [0.1, 0.15) is 16.7 Å². The van der Waals surface area contributed by atoms with Crippen molar-refractivity contribution >= 4 is 44.9 Å². The van der Waals surface area contributed by atoms with Crippen molar-refractivity contribution < 1.29 is 0 Å². The van der Waals surface area contributed by atoms with Crippen LogP contribution in [0.25, 0.3) is 27.5 Å². The fraction of sp³-hybridized carbons (Fsp3) is 0.0385. The van der Waals surface area contributed by atoms with Crippen molar-refractivity contribution in [2.45, 2.75) is 6.42 Å². The van der Waals surface area contributed by atoms with Crippen molar-refractivity contribution in [2.24, 2.45) is 0 Å². The molecule has 5 aromatic rings. The summed E-state index contributed by atoms with van der Waals surface area (Å²) in [5.41, 5.74) is 11.5. The molecule has 3 heteroatoms. The normalized spacial score (nSPS) is 13.3. The molecule has 4 aromatic carbocycles. The average Bonchev–Trinajstić information content (AvgIpc) is 3.12. The summed E-state index contributed by atoms with van der Waals surface area (Å²) in [6, 6.07) is 30.6. The van der Waals surface area contributed by atoms with Gasteiger partial charge in [-0.25, -0.2) is 0 Å². The maximum Gasteiger partial charge on any atom is 0.247 e. The van der Waals surface area contributed by atoms with E-state index in [2.05, 4.69) is 77.4 Å². The van der Waals surface area contributed by atoms with Crippen molar-refractivity contribution in [3.8, 4) is 11.8 Å². The zero-order valence-corrected chi connectivity index (χ0v) is 15.7. The molecule has 2 nitrogen and oxygen atoms in total. The minimum atomic E-state index is 0.266. The number of benzene rings is 4. The zero-order chi connectivity index (χ0) is 19.1. The van der Waals surface area contributed by atoms with E-state index in [1.54, 1.807) is 0 Å². The Morgan fingerprint density at radius 2 is 1.62 bits per heavy atom. The maximum atomic E-state index is 9.44. The molecule has 0 radical (unpaired) electrons. The van der Waals surface area contributed by atoms with E-state index >= 15 is 0 Å². The molecule has 0 aliphatic carbocycles. The van der Waals surface area contributed by atoms with E-state index in [-0.39, 0.29) is 6.71 Å². The lowest BCUT2D eigenvalue weighted by atomic mass is 9.32. The second-order valence-corrected chi connectivity index (χ2v) is 8.08. The zero-order valence-electron chi connectivity index (χ0n) is 15.7. The number of rotatable bonds is 0. The summed E-state index contributed by atoms with van der Waals surface area (Å²) in [5, 5.41) is 11.9. The van der Waals surface area contributed by atoms with Gasteiger partial charge >= 0.3 is 0 Å². The van der Waals surface area contributed by atoms with Crippen LogP contribution in [0.15, 0.2) is 78.9 Å². The summed E-state index contributed by atoms with van der Waals surface area (Å²) >= 11 is 0. The molecule has 0 amide bonds. The fourth-order valence-electron chi connectivity index (χ4n) is 5.57. The van der Waals surface area contributed by atoms with Crippen LogP contribution >= 0.6 is 0 Å². The Morgan fingerprint density at radius 1 is 0.793 bits per heavy atom. The van der Waals surface area contributed by atoms with Gasteiger partial charge in [-0.3, -0.25) is 0 Å². The molecule has 3 heterocycles. The van der Waals surface area contributed by atoms with Crippen LogP contribution in [-0.4, -0.2) is 11.3 Å². The fourth-order valence-corrected chi connectivity index (χ4v) is 5.57. The number of aromatic nitrogens is 1. The number of nitriles is 1. The maximum absolute atomic E-state index is 9.44. The molecule has 0 atom stereocenters. The van der Waals surface area contributed by atoms with Crippen molar-refractivity contribution in [1.29, 1.82) is 5.26 Å². The van der Waals surface area contributed by atoms with Crippen molar-refractivity contribution in [2.75, 3.05) is 0 Å². The van der Waals surface area contributed by atoms with Crippen molar-refractivity contribution in [1.82, 2.24) is 4.57 Å². The van der Waals surface area contributed by atoms with E-state index in [1.807, 2.05) is 12.1 Å². The minimum absolute atomic E-state index is 0.266. The minimum Gasteiger partial charge on any atom is -0.310 e. The standard InChI is InChI=1S/C26H15BN2/c28-15-16-9-12-23-20(13-16)19-11-10-18-14-17-5-1-2-6-21(17)27-22-7-3-4-8-24(22)29(23)26(19)25(18)27/h1-13H,14H2. The highest BCUT2D eigenvalue weighted by atomic mass is 15.0. The number of hydrogen-bond donors (Lipinski definition) is 0. The van der Waals surface area contributed by atoms with Crippen LogP contribution < -0.4 is 16.4 Å². The molecule has 7 rings (SSSR count). The first kappa shape index (κ1) is 15.2. The van der Waals surface area contributed by atoms with Gasteiger partial charge in [0.05, 0.1) is 17.1 Å². The molecule has 2 aliphatic heterocycles. The Labute approximate surface area is 168 Å². The molecule has 0 saturated carbocycles. The van der Waals surface area contributed by atoms with Gasteiger partial charge in [-0.1, -0.05) is 60.1 Å². The van der Waals surface area contributed by atoms with Gasteiger partial charge in [0.2, 0.25) is 6.71 Å². The molecular formula is C26H15BN2. The van der Waals surface area contributed by atoms with Gasteiger partial charge in [-0.05, 0) is 52.7 Å². The first-order valence-corrected chi connectivity index (χ1v) is 10.0. The molecule has 0 unspecified atom stereocenters. The van der Waals surface area contributed by atoms with Crippen LogP contribution in [0.3, 0.4) is 0 Å². The molecule has 132 valence electrons. The predicted molar refractivity (Wildman–Crippen MR) is 119 cm³/mol. The van der Waals surface area contributed by atoms with Crippen LogP contribution in [0, 0.1) is 11.3 Å². The number of nitrogens with zero attached hydrogens (tertiary/aromatic N) is 2. The van der Waals surface area contributed by atoms with Crippen molar-refractivity contribution in [3.05, 3.63) is 95.6 Å². The lowest BCUT2D eigenvalue weighted by molar-refractivity contribution is 1.16. The van der Waals surface area contributed by atoms with Crippen molar-refractivity contribution in [3.63, 3.8) is 0 Å². The number of fused-ring (bicyclic) bond motifs is 8. The third kappa shape index (κ3) is 1.77. The topological polar surface area (TPSA) is 28.7 Å². The third-order valence-electron chi connectivity index (χ3n) is 6.71. The third-order valence-corrected chi connectivity index (χ3v) is 6.71. The summed E-state index contributed by atoms with van der Waals surface area (Å²) in [6.45, 7) is 0.266. The van der Waals surface area contributed by atoms with E-state index in [0.717, 1.165) is 11.8 Å². The summed E-state index contributed by atoms with van der Waals surface area (Å²) in [7, 11) is 0. The highest BCUT2D eigenvalue weighted by molar-refractivity contribution is 6.98. The Bertz CT molecular complexity index is 1550.